The van der Waals surface area contributed by atoms with E-state index in [-0.39, 0.29) is 12.4 Å². The Balaban J connectivity index is 2.05. The first-order valence-electron chi connectivity index (χ1n) is 7.23. The second-order valence-corrected chi connectivity index (χ2v) is 5.71. The van der Waals surface area contributed by atoms with Crippen molar-refractivity contribution in [1.82, 2.24) is 14.8 Å². The predicted molar refractivity (Wildman–Crippen MR) is 88.7 cm³/mol. The van der Waals surface area contributed by atoms with E-state index in [0.717, 1.165) is 23.9 Å². The zero-order valence-corrected chi connectivity index (χ0v) is 13.8. The van der Waals surface area contributed by atoms with Crippen molar-refractivity contribution in [3.63, 3.8) is 0 Å². The molecule has 0 aliphatic rings. The van der Waals surface area contributed by atoms with Crippen molar-refractivity contribution in [3.05, 3.63) is 48.3 Å². The Labute approximate surface area is 139 Å². The highest BCUT2D eigenvalue weighted by Crippen LogP contribution is 2.19. The first-order valence-corrected chi connectivity index (χ1v) is 8.22. The number of allylic oxidation sites excluding steroid dienone is 1. The van der Waals surface area contributed by atoms with E-state index in [0.29, 0.717) is 17.5 Å². The van der Waals surface area contributed by atoms with Gasteiger partial charge in [-0.05, 0) is 24.1 Å². The summed E-state index contributed by atoms with van der Waals surface area (Å²) in [5.74, 6) is 0.443. The van der Waals surface area contributed by atoms with Gasteiger partial charge in [0.25, 0.3) is 0 Å². The first-order chi connectivity index (χ1) is 11.1. The van der Waals surface area contributed by atoms with Gasteiger partial charge >= 0.3 is 5.97 Å². The van der Waals surface area contributed by atoms with Gasteiger partial charge in [0.05, 0.1) is 5.75 Å². The van der Waals surface area contributed by atoms with Gasteiger partial charge in [-0.2, -0.15) is 0 Å². The number of aromatic nitrogens is 3. The van der Waals surface area contributed by atoms with Gasteiger partial charge in [-0.25, -0.2) is 0 Å². The fourth-order valence-corrected chi connectivity index (χ4v) is 2.63. The highest BCUT2D eigenvalue weighted by Gasteiger charge is 2.13. The topological polar surface area (TPSA) is 77.2 Å². The van der Waals surface area contributed by atoms with Gasteiger partial charge in [-0.1, -0.05) is 36.9 Å². The molecule has 23 heavy (non-hydrogen) atoms. The molecule has 7 heteroatoms. The highest BCUT2D eigenvalue weighted by atomic mass is 32.2. The van der Waals surface area contributed by atoms with Gasteiger partial charge in [-0.15, -0.1) is 16.8 Å². The lowest BCUT2D eigenvalue weighted by Crippen LogP contribution is -2.08. The maximum absolute atomic E-state index is 10.7. The van der Waals surface area contributed by atoms with Crippen LogP contribution in [0.1, 0.15) is 18.3 Å². The van der Waals surface area contributed by atoms with Crippen molar-refractivity contribution in [2.24, 2.45) is 0 Å². The number of benzene rings is 1. The molecular weight excluding hydrogens is 314 g/mol. The van der Waals surface area contributed by atoms with E-state index in [2.05, 4.69) is 23.7 Å². The van der Waals surface area contributed by atoms with E-state index in [9.17, 15) is 4.79 Å². The molecule has 1 N–H and O–H groups in total. The SMILES string of the molecule is C=CCn1c(COc2ccc(CC)cc2)nnc1SCC(=O)O. The second-order valence-electron chi connectivity index (χ2n) is 4.77. The first kappa shape index (κ1) is 17.1. The van der Waals surface area contributed by atoms with Gasteiger partial charge in [-0.3, -0.25) is 9.36 Å². The normalized spacial score (nSPS) is 10.5. The number of aryl methyl sites for hydroxylation is 1. The van der Waals surface area contributed by atoms with Crippen LogP contribution in [-0.2, 0) is 24.4 Å². The Hall–Kier alpha value is -2.28. The van der Waals surface area contributed by atoms with Crippen molar-refractivity contribution in [3.8, 4) is 5.75 Å². The third-order valence-electron chi connectivity index (χ3n) is 3.13. The Morgan fingerprint density at radius 3 is 2.74 bits per heavy atom. The summed E-state index contributed by atoms with van der Waals surface area (Å²) in [6.45, 7) is 6.57. The summed E-state index contributed by atoms with van der Waals surface area (Å²) >= 11 is 1.13. The number of carboxylic acid groups (broad SMARTS) is 1. The van der Waals surface area contributed by atoms with Crippen molar-refractivity contribution >= 4 is 17.7 Å². The van der Waals surface area contributed by atoms with Crippen LogP contribution >= 0.6 is 11.8 Å². The van der Waals surface area contributed by atoms with Crippen LogP contribution in [0.3, 0.4) is 0 Å². The molecule has 0 aliphatic heterocycles. The average Bonchev–Trinajstić information content (AvgIpc) is 2.94. The molecule has 122 valence electrons. The number of aliphatic carboxylic acids is 1. The van der Waals surface area contributed by atoms with Crippen LogP contribution in [-0.4, -0.2) is 31.6 Å². The minimum Gasteiger partial charge on any atom is -0.486 e. The monoisotopic (exact) mass is 333 g/mol. The molecule has 2 aromatic rings. The van der Waals surface area contributed by atoms with Crippen LogP contribution in [0.5, 0.6) is 5.75 Å². The molecule has 0 fully saturated rings. The van der Waals surface area contributed by atoms with Crippen molar-refractivity contribution in [1.29, 1.82) is 0 Å². The number of thioether (sulfide) groups is 1. The molecule has 0 atom stereocenters. The van der Waals surface area contributed by atoms with E-state index < -0.39 is 5.97 Å². The summed E-state index contributed by atoms with van der Waals surface area (Å²) in [5, 5.41) is 17.4. The largest absolute Gasteiger partial charge is 0.486 e. The quantitative estimate of drug-likeness (QED) is 0.562. The van der Waals surface area contributed by atoms with E-state index in [1.165, 1.54) is 5.56 Å². The minimum atomic E-state index is -0.892. The number of carboxylic acids is 1. The van der Waals surface area contributed by atoms with Crippen LogP contribution < -0.4 is 4.74 Å². The average molecular weight is 333 g/mol. The zero-order chi connectivity index (χ0) is 16.7. The lowest BCUT2D eigenvalue weighted by atomic mass is 10.2. The maximum Gasteiger partial charge on any atom is 0.313 e. The third kappa shape index (κ3) is 4.85. The van der Waals surface area contributed by atoms with E-state index in [1.807, 2.05) is 24.3 Å². The second kappa shape index (κ2) is 8.38. The van der Waals surface area contributed by atoms with E-state index >= 15 is 0 Å². The molecular formula is C16H19N3O3S. The van der Waals surface area contributed by atoms with Crippen LogP contribution in [0.4, 0.5) is 0 Å². The molecule has 6 nitrogen and oxygen atoms in total. The molecule has 0 aliphatic carbocycles. The third-order valence-corrected chi connectivity index (χ3v) is 4.08. The predicted octanol–water partition coefficient (Wildman–Crippen LogP) is 2.78. The summed E-state index contributed by atoms with van der Waals surface area (Å²) in [4.78, 5) is 10.7. The number of hydrogen-bond acceptors (Lipinski definition) is 5. The molecule has 0 saturated heterocycles. The minimum absolute atomic E-state index is 0.0609. The summed E-state index contributed by atoms with van der Waals surface area (Å²) in [5.41, 5.74) is 1.25. The molecule has 1 heterocycles. The van der Waals surface area contributed by atoms with E-state index in [1.54, 1.807) is 10.6 Å². The van der Waals surface area contributed by atoms with Gasteiger partial charge in [0.15, 0.2) is 11.0 Å². The van der Waals surface area contributed by atoms with Crippen LogP contribution in [0.2, 0.25) is 0 Å². The molecule has 0 saturated carbocycles. The van der Waals surface area contributed by atoms with Crippen molar-refractivity contribution in [2.45, 2.75) is 31.7 Å². The molecule has 1 aromatic heterocycles. The smallest absolute Gasteiger partial charge is 0.313 e. The Kier molecular flexibility index (Phi) is 6.22. The zero-order valence-electron chi connectivity index (χ0n) is 12.9. The summed E-state index contributed by atoms with van der Waals surface area (Å²) in [7, 11) is 0. The Morgan fingerprint density at radius 1 is 1.39 bits per heavy atom. The number of carbonyl (C=O) groups is 1. The summed E-state index contributed by atoms with van der Waals surface area (Å²) in [6.07, 6.45) is 2.70. The molecule has 2 rings (SSSR count). The maximum atomic E-state index is 10.7. The number of hydrogen-bond donors (Lipinski definition) is 1. The van der Waals surface area contributed by atoms with Crippen LogP contribution in [0, 0.1) is 0 Å². The summed E-state index contributed by atoms with van der Waals surface area (Å²) < 4.78 is 7.54. The van der Waals surface area contributed by atoms with Gasteiger partial charge in [0.2, 0.25) is 0 Å². The molecule has 1 aromatic carbocycles. The van der Waals surface area contributed by atoms with Crippen LogP contribution in [0.15, 0.2) is 42.1 Å². The van der Waals surface area contributed by atoms with Crippen LogP contribution in [0.25, 0.3) is 0 Å². The Bertz CT molecular complexity index is 668. The highest BCUT2D eigenvalue weighted by molar-refractivity contribution is 7.99. The molecule has 0 bridgehead atoms. The fourth-order valence-electron chi connectivity index (χ4n) is 1.94. The fraction of sp³-hybridized carbons (Fsp3) is 0.312. The molecule has 0 unspecified atom stereocenters. The number of rotatable bonds is 9. The van der Waals surface area contributed by atoms with Gasteiger partial charge in [0, 0.05) is 6.54 Å². The van der Waals surface area contributed by atoms with Gasteiger partial charge < -0.3 is 9.84 Å². The van der Waals surface area contributed by atoms with Crippen molar-refractivity contribution < 1.29 is 14.6 Å². The standard InChI is InChI=1S/C16H19N3O3S/c1-3-9-19-14(17-18-16(19)23-11-15(20)21)10-22-13-7-5-12(4-2)6-8-13/h3,5-8H,1,4,9-11H2,2H3,(H,20,21). The lowest BCUT2D eigenvalue weighted by molar-refractivity contribution is -0.133. The number of ether oxygens (including phenoxy) is 1. The van der Waals surface area contributed by atoms with E-state index in [4.69, 9.17) is 9.84 Å². The molecule has 0 spiro atoms. The summed E-state index contributed by atoms with van der Waals surface area (Å²) in [6, 6.07) is 7.90. The van der Waals surface area contributed by atoms with Gasteiger partial charge in [0.1, 0.15) is 12.4 Å². The number of nitrogens with zero attached hydrogens (tertiary/aromatic N) is 3. The Morgan fingerprint density at radius 2 is 2.13 bits per heavy atom. The molecule has 0 amide bonds. The lowest BCUT2D eigenvalue weighted by Gasteiger charge is -2.09. The molecule has 0 radical (unpaired) electrons. The van der Waals surface area contributed by atoms with Crippen molar-refractivity contribution in [2.75, 3.05) is 5.75 Å².